The second kappa shape index (κ2) is 4.97. The molecule has 82 valence electrons. The van der Waals surface area contributed by atoms with E-state index in [-0.39, 0.29) is 0 Å². The summed E-state index contributed by atoms with van der Waals surface area (Å²) in [5.74, 6) is 0. The minimum Gasteiger partial charge on any atom is -0.368 e. The third-order valence-corrected chi connectivity index (χ3v) is 3.77. The molecule has 3 heteroatoms. The fourth-order valence-corrected chi connectivity index (χ4v) is 2.82. The summed E-state index contributed by atoms with van der Waals surface area (Å²) in [6, 6.07) is 2.82. The van der Waals surface area contributed by atoms with Crippen LogP contribution in [0.2, 0.25) is 0 Å². The Morgan fingerprint density at radius 2 is 2.40 bits per heavy atom. The monoisotopic (exact) mass is 268 g/mol. The van der Waals surface area contributed by atoms with Crippen LogP contribution in [0.15, 0.2) is 22.9 Å². The zero-order valence-corrected chi connectivity index (χ0v) is 10.7. The molecule has 2 heterocycles. The molecule has 0 radical (unpaired) electrons. The highest BCUT2D eigenvalue weighted by Gasteiger charge is 2.22. The molecule has 0 aliphatic carbocycles. The summed E-state index contributed by atoms with van der Waals surface area (Å²) < 4.78 is 1.12. The van der Waals surface area contributed by atoms with E-state index in [1.165, 1.54) is 37.9 Å². The van der Waals surface area contributed by atoms with Crippen LogP contribution in [0.4, 0.5) is 5.69 Å². The zero-order chi connectivity index (χ0) is 10.7. The quantitative estimate of drug-likeness (QED) is 0.815. The molecular weight excluding hydrogens is 252 g/mol. The van der Waals surface area contributed by atoms with Gasteiger partial charge < -0.3 is 4.90 Å². The highest BCUT2D eigenvalue weighted by atomic mass is 79.9. The lowest BCUT2D eigenvalue weighted by Gasteiger charge is -2.37. The molecule has 1 unspecified atom stereocenters. The van der Waals surface area contributed by atoms with Gasteiger partial charge in [-0.25, -0.2) is 0 Å². The van der Waals surface area contributed by atoms with Crippen molar-refractivity contribution in [2.24, 2.45) is 0 Å². The van der Waals surface area contributed by atoms with Crippen molar-refractivity contribution < 1.29 is 0 Å². The highest BCUT2D eigenvalue weighted by Crippen LogP contribution is 2.31. The van der Waals surface area contributed by atoms with Crippen LogP contribution in [0.25, 0.3) is 0 Å². The molecule has 1 fully saturated rings. The summed E-state index contributed by atoms with van der Waals surface area (Å²) in [5, 5.41) is 0. The Morgan fingerprint density at radius 3 is 3.13 bits per heavy atom. The van der Waals surface area contributed by atoms with Crippen molar-refractivity contribution in [1.29, 1.82) is 0 Å². The Labute approximate surface area is 99.8 Å². The first-order valence-corrected chi connectivity index (χ1v) is 6.48. The maximum absolute atomic E-state index is 4.12. The van der Waals surface area contributed by atoms with Gasteiger partial charge in [0, 0.05) is 25.0 Å². The number of hydrogen-bond acceptors (Lipinski definition) is 2. The average Bonchev–Trinajstić information content (AvgIpc) is 2.30. The molecule has 0 N–H and O–H groups in total. The predicted molar refractivity (Wildman–Crippen MR) is 67.2 cm³/mol. The minimum atomic E-state index is 0.706. The molecule has 1 aliphatic rings. The number of piperidine rings is 1. The van der Waals surface area contributed by atoms with E-state index >= 15 is 0 Å². The molecule has 2 nitrogen and oxygen atoms in total. The molecule has 15 heavy (non-hydrogen) atoms. The van der Waals surface area contributed by atoms with E-state index in [1.807, 2.05) is 12.4 Å². The van der Waals surface area contributed by atoms with Crippen LogP contribution >= 0.6 is 15.9 Å². The summed E-state index contributed by atoms with van der Waals surface area (Å²) in [6.45, 7) is 3.46. The van der Waals surface area contributed by atoms with Crippen molar-refractivity contribution >= 4 is 21.6 Å². The molecule has 1 aliphatic heterocycles. The van der Waals surface area contributed by atoms with Gasteiger partial charge in [0.25, 0.3) is 0 Å². The molecule has 0 bridgehead atoms. The normalized spacial score (nSPS) is 21.7. The Hall–Kier alpha value is -0.570. The molecule has 1 aromatic rings. The molecular formula is C12H17BrN2. The second-order valence-electron chi connectivity index (χ2n) is 4.08. The van der Waals surface area contributed by atoms with Gasteiger partial charge in [-0.15, -0.1) is 0 Å². The van der Waals surface area contributed by atoms with E-state index in [1.54, 1.807) is 0 Å². The Bertz CT molecular complexity index is 327. The Kier molecular flexibility index (Phi) is 3.62. The summed E-state index contributed by atoms with van der Waals surface area (Å²) >= 11 is 3.58. The van der Waals surface area contributed by atoms with E-state index in [9.17, 15) is 0 Å². The number of pyridine rings is 1. The third-order valence-electron chi connectivity index (χ3n) is 3.16. The first kappa shape index (κ1) is 10.9. The number of nitrogens with zero attached hydrogens (tertiary/aromatic N) is 2. The summed E-state index contributed by atoms with van der Waals surface area (Å²) in [7, 11) is 0. The number of aromatic nitrogens is 1. The lowest BCUT2D eigenvalue weighted by Crippen LogP contribution is -2.39. The second-order valence-corrected chi connectivity index (χ2v) is 4.93. The van der Waals surface area contributed by atoms with Gasteiger partial charge >= 0.3 is 0 Å². The SMILES string of the molecule is CCC1CCCCN1c1ccncc1Br. The smallest absolute Gasteiger partial charge is 0.0592 e. The van der Waals surface area contributed by atoms with Crippen LogP contribution in [-0.2, 0) is 0 Å². The van der Waals surface area contributed by atoms with Gasteiger partial charge in [0.1, 0.15) is 0 Å². The van der Waals surface area contributed by atoms with Gasteiger partial charge in [-0.05, 0) is 47.7 Å². The zero-order valence-electron chi connectivity index (χ0n) is 9.12. The first-order valence-electron chi connectivity index (χ1n) is 5.69. The summed E-state index contributed by atoms with van der Waals surface area (Å²) in [5.41, 5.74) is 1.30. The maximum Gasteiger partial charge on any atom is 0.0592 e. The van der Waals surface area contributed by atoms with Crippen LogP contribution < -0.4 is 4.90 Å². The fraction of sp³-hybridized carbons (Fsp3) is 0.583. The van der Waals surface area contributed by atoms with Gasteiger partial charge in [0.05, 0.1) is 10.2 Å². The van der Waals surface area contributed by atoms with Gasteiger partial charge in [0.15, 0.2) is 0 Å². The molecule has 1 atom stereocenters. The fourth-order valence-electron chi connectivity index (χ4n) is 2.34. The largest absolute Gasteiger partial charge is 0.368 e. The number of hydrogen-bond donors (Lipinski definition) is 0. The molecule has 1 aromatic heterocycles. The van der Waals surface area contributed by atoms with Crippen molar-refractivity contribution in [3.05, 3.63) is 22.9 Å². The Morgan fingerprint density at radius 1 is 1.53 bits per heavy atom. The van der Waals surface area contributed by atoms with Crippen molar-refractivity contribution in [2.75, 3.05) is 11.4 Å². The van der Waals surface area contributed by atoms with Gasteiger partial charge in [0.2, 0.25) is 0 Å². The van der Waals surface area contributed by atoms with Crippen molar-refractivity contribution in [1.82, 2.24) is 4.98 Å². The maximum atomic E-state index is 4.12. The topological polar surface area (TPSA) is 16.1 Å². The van der Waals surface area contributed by atoms with Crippen molar-refractivity contribution in [3.63, 3.8) is 0 Å². The molecule has 0 aromatic carbocycles. The van der Waals surface area contributed by atoms with Gasteiger partial charge in [-0.3, -0.25) is 4.98 Å². The lowest BCUT2D eigenvalue weighted by atomic mass is 9.99. The highest BCUT2D eigenvalue weighted by molar-refractivity contribution is 9.10. The van der Waals surface area contributed by atoms with E-state index in [2.05, 4.69) is 38.8 Å². The molecule has 0 amide bonds. The first-order chi connectivity index (χ1) is 7.33. The van der Waals surface area contributed by atoms with Crippen LogP contribution in [-0.4, -0.2) is 17.6 Å². The van der Waals surface area contributed by atoms with Gasteiger partial charge in [-0.2, -0.15) is 0 Å². The minimum absolute atomic E-state index is 0.706. The van der Waals surface area contributed by atoms with Crippen LogP contribution in [0.5, 0.6) is 0 Å². The van der Waals surface area contributed by atoms with E-state index in [0.29, 0.717) is 6.04 Å². The van der Waals surface area contributed by atoms with Crippen LogP contribution in [0, 0.1) is 0 Å². The number of anilines is 1. The molecule has 1 saturated heterocycles. The Balaban J connectivity index is 2.24. The van der Waals surface area contributed by atoms with E-state index in [0.717, 1.165) is 4.47 Å². The standard InChI is InChI=1S/C12H17BrN2/c1-2-10-5-3-4-8-15(10)12-6-7-14-9-11(12)13/h6-7,9-10H,2-5,8H2,1H3. The summed E-state index contributed by atoms with van der Waals surface area (Å²) in [4.78, 5) is 6.64. The molecule has 0 saturated carbocycles. The average molecular weight is 269 g/mol. The lowest BCUT2D eigenvalue weighted by molar-refractivity contribution is 0.449. The van der Waals surface area contributed by atoms with E-state index in [4.69, 9.17) is 0 Å². The number of halogens is 1. The summed E-state index contributed by atoms with van der Waals surface area (Å²) in [6.07, 6.45) is 9.00. The van der Waals surface area contributed by atoms with Crippen LogP contribution in [0.1, 0.15) is 32.6 Å². The van der Waals surface area contributed by atoms with Gasteiger partial charge in [-0.1, -0.05) is 6.92 Å². The van der Waals surface area contributed by atoms with Crippen molar-refractivity contribution in [2.45, 2.75) is 38.6 Å². The number of rotatable bonds is 2. The van der Waals surface area contributed by atoms with Crippen molar-refractivity contribution in [3.8, 4) is 0 Å². The van der Waals surface area contributed by atoms with Crippen LogP contribution in [0.3, 0.4) is 0 Å². The third kappa shape index (κ3) is 2.33. The molecule has 0 spiro atoms. The molecule has 2 rings (SSSR count). The predicted octanol–water partition coefficient (Wildman–Crippen LogP) is 3.61. The van der Waals surface area contributed by atoms with E-state index < -0.39 is 0 Å².